The Morgan fingerprint density at radius 1 is 1.19 bits per heavy atom. The van der Waals surface area contributed by atoms with Crippen LogP contribution in [0.3, 0.4) is 0 Å². The van der Waals surface area contributed by atoms with Gasteiger partial charge in [-0.2, -0.15) is 0 Å². The third kappa shape index (κ3) is 4.73. The molecule has 2 aromatic rings. The van der Waals surface area contributed by atoms with Crippen LogP contribution in [-0.2, 0) is 14.3 Å². The molecule has 0 spiro atoms. The minimum atomic E-state index is -0.658. The van der Waals surface area contributed by atoms with E-state index in [0.717, 1.165) is 25.2 Å². The molecular weight excluding hydrogens is 394 g/mol. The van der Waals surface area contributed by atoms with Crippen LogP contribution < -0.4 is 4.90 Å². The van der Waals surface area contributed by atoms with Crippen molar-refractivity contribution in [3.8, 4) is 0 Å². The molecule has 1 fully saturated rings. The summed E-state index contributed by atoms with van der Waals surface area (Å²) in [5.41, 5.74) is 1.67. The van der Waals surface area contributed by atoms with Crippen molar-refractivity contribution in [1.82, 2.24) is 9.88 Å². The number of ketones is 1. The normalized spacial score (nSPS) is 20.1. The molecule has 31 heavy (non-hydrogen) atoms. The van der Waals surface area contributed by atoms with E-state index >= 15 is 0 Å². The van der Waals surface area contributed by atoms with E-state index in [1.165, 1.54) is 11.0 Å². The molecule has 0 radical (unpaired) electrons. The van der Waals surface area contributed by atoms with Crippen molar-refractivity contribution in [2.75, 3.05) is 39.4 Å². The van der Waals surface area contributed by atoms with Gasteiger partial charge in [0.25, 0.3) is 5.91 Å². The molecular formula is C24H26N3O4+. The van der Waals surface area contributed by atoms with Crippen LogP contribution in [0, 0.1) is 0 Å². The topological polar surface area (TPSA) is 84.2 Å². The fraction of sp³-hybridized carbons (Fsp3) is 0.292. The Morgan fingerprint density at radius 2 is 1.97 bits per heavy atom. The van der Waals surface area contributed by atoms with Crippen molar-refractivity contribution < 1.29 is 24.3 Å². The van der Waals surface area contributed by atoms with E-state index < -0.39 is 17.7 Å². The number of ether oxygens (including phenoxy) is 1. The molecule has 7 nitrogen and oxygen atoms in total. The monoisotopic (exact) mass is 420 g/mol. The van der Waals surface area contributed by atoms with E-state index in [-0.39, 0.29) is 11.4 Å². The number of nitrogens with zero attached hydrogens (tertiary/aromatic N) is 2. The molecule has 1 aromatic carbocycles. The third-order valence-corrected chi connectivity index (χ3v) is 5.70. The van der Waals surface area contributed by atoms with Gasteiger partial charge >= 0.3 is 0 Å². The summed E-state index contributed by atoms with van der Waals surface area (Å²) in [5.74, 6) is -1.38. The van der Waals surface area contributed by atoms with Crippen LogP contribution >= 0.6 is 0 Å². The molecule has 7 heteroatoms. The Kier molecular flexibility index (Phi) is 6.54. The maximum atomic E-state index is 13.1. The maximum absolute atomic E-state index is 13.1. The van der Waals surface area contributed by atoms with Gasteiger partial charge in [0, 0.05) is 12.4 Å². The van der Waals surface area contributed by atoms with Gasteiger partial charge in [0.15, 0.2) is 11.5 Å². The van der Waals surface area contributed by atoms with Gasteiger partial charge in [0.2, 0.25) is 0 Å². The zero-order chi connectivity index (χ0) is 21.6. The zero-order valence-corrected chi connectivity index (χ0v) is 17.2. The average Bonchev–Trinajstić information content (AvgIpc) is 3.08. The van der Waals surface area contributed by atoms with E-state index in [1.807, 2.05) is 36.4 Å². The lowest BCUT2D eigenvalue weighted by Crippen LogP contribution is -3.14. The maximum Gasteiger partial charge on any atom is 0.290 e. The first kappa shape index (κ1) is 21.0. The molecule has 160 valence electrons. The molecule has 0 saturated carbocycles. The molecule has 1 atom stereocenters. The number of pyridine rings is 1. The number of morpholine rings is 1. The minimum absolute atomic E-state index is 0.0992. The number of carbonyl (C=O) groups is 2. The van der Waals surface area contributed by atoms with Gasteiger partial charge in [-0.15, -0.1) is 0 Å². The van der Waals surface area contributed by atoms with E-state index in [4.69, 9.17) is 4.74 Å². The molecule has 0 bridgehead atoms. The summed E-state index contributed by atoms with van der Waals surface area (Å²) in [5, 5.41) is 10.7. The van der Waals surface area contributed by atoms with Crippen molar-refractivity contribution in [2.45, 2.75) is 6.04 Å². The number of allylic oxidation sites excluding steroid dienone is 1. The molecule has 2 aliphatic rings. The Hall–Kier alpha value is -3.29. The fourth-order valence-corrected chi connectivity index (χ4v) is 4.03. The Morgan fingerprint density at radius 3 is 2.68 bits per heavy atom. The number of nitrogens with one attached hydrogen (secondary N) is 1. The van der Waals surface area contributed by atoms with Crippen LogP contribution in [0.1, 0.15) is 17.2 Å². The van der Waals surface area contributed by atoms with E-state index in [0.29, 0.717) is 25.3 Å². The van der Waals surface area contributed by atoms with E-state index in [2.05, 4.69) is 4.98 Å². The first-order valence-electron chi connectivity index (χ1n) is 10.5. The highest BCUT2D eigenvalue weighted by atomic mass is 16.5. The van der Waals surface area contributed by atoms with Crippen molar-refractivity contribution >= 4 is 17.8 Å². The predicted molar refractivity (Wildman–Crippen MR) is 115 cm³/mol. The highest BCUT2D eigenvalue weighted by molar-refractivity contribution is 6.14. The average molecular weight is 420 g/mol. The van der Waals surface area contributed by atoms with Crippen LogP contribution in [0.25, 0.3) is 6.08 Å². The van der Waals surface area contributed by atoms with Gasteiger partial charge in [0.1, 0.15) is 13.1 Å². The first-order valence-corrected chi connectivity index (χ1v) is 10.5. The second kappa shape index (κ2) is 9.68. The Bertz CT molecular complexity index is 982. The number of carbonyl (C=O) groups excluding carboxylic acids is 2. The summed E-state index contributed by atoms with van der Waals surface area (Å²) in [6.45, 7) is 4.31. The number of hydrogen-bond donors (Lipinski definition) is 2. The smallest absolute Gasteiger partial charge is 0.290 e. The SMILES string of the molecule is O=C(/C=C/c1ccccc1)C1=C(O)C(=O)N(CC[NH+]2CCOCC2)[C@H]1c1cccnc1. The lowest BCUT2D eigenvalue weighted by atomic mass is 9.96. The van der Waals surface area contributed by atoms with Crippen LogP contribution in [0.4, 0.5) is 0 Å². The lowest BCUT2D eigenvalue weighted by Gasteiger charge is -2.29. The standard InChI is InChI=1S/C24H25N3O4/c28-20(9-8-18-5-2-1-3-6-18)21-22(19-7-4-10-25-17-19)27(24(30)23(21)29)12-11-26-13-15-31-16-14-26/h1-10,17,22,29H,11-16H2/p+1/b9-8+/t22-/m0/s1. The van der Waals surface area contributed by atoms with Crippen LogP contribution in [0.15, 0.2) is 72.3 Å². The number of aliphatic hydroxyl groups excluding tert-OH is 1. The summed E-state index contributed by atoms with van der Waals surface area (Å²) < 4.78 is 5.40. The third-order valence-electron chi connectivity index (χ3n) is 5.70. The molecule has 1 saturated heterocycles. The van der Waals surface area contributed by atoms with Crippen molar-refractivity contribution in [3.63, 3.8) is 0 Å². The molecule has 2 aliphatic heterocycles. The van der Waals surface area contributed by atoms with Crippen molar-refractivity contribution in [1.29, 1.82) is 0 Å². The van der Waals surface area contributed by atoms with Gasteiger partial charge in [0.05, 0.1) is 37.9 Å². The van der Waals surface area contributed by atoms with Crippen LogP contribution in [-0.4, -0.2) is 66.1 Å². The van der Waals surface area contributed by atoms with Crippen molar-refractivity contribution in [2.24, 2.45) is 0 Å². The molecule has 4 rings (SSSR count). The molecule has 2 N–H and O–H groups in total. The summed E-state index contributed by atoms with van der Waals surface area (Å²) in [6, 6.07) is 12.4. The molecule has 1 amide bonds. The number of aromatic nitrogens is 1. The number of amides is 1. The molecule has 3 heterocycles. The van der Waals surface area contributed by atoms with E-state index in [1.54, 1.807) is 29.4 Å². The summed E-state index contributed by atoms with van der Waals surface area (Å²) >= 11 is 0. The molecule has 0 unspecified atom stereocenters. The first-order chi connectivity index (χ1) is 15.1. The van der Waals surface area contributed by atoms with Gasteiger partial charge in [-0.25, -0.2) is 0 Å². The van der Waals surface area contributed by atoms with Gasteiger partial charge < -0.3 is 19.6 Å². The van der Waals surface area contributed by atoms with Gasteiger partial charge in [-0.05, 0) is 23.3 Å². The van der Waals surface area contributed by atoms with Crippen molar-refractivity contribution in [3.05, 3.63) is 83.4 Å². The molecule has 0 aliphatic carbocycles. The number of aliphatic hydroxyl groups is 1. The predicted octanol–water partition coefficient (Wildman–Crippen LogP) is 0.975. The van der Waals surface area contributed by atoms with Gasteiger partial charge in [-0.3, -0.25) is 14.6 Å². The number of rotatable bonds is 7. The fourth-order valence-electron chi connectivity index (χ4n) is 4.03. The van der Waals surface area contributed by atoms with Crippen LogP contribution in [0.5, 0.6) is 0 Å². The Labute approximate surface area is 181 Å². The summed E-state index contributed by atoms with van der Waals surface area (Å²) in [6.07, 6.45) is 6.38. The Balaban J connectivity index is 1.59. The number of quaternary nitrogens is 1. The zero-order valence-electron chi connectivity index (χ0n) is 17.2. The highest BCUT2D eigenvalue weighted by Gasteiger charge is 2.43. The minimum Gasteiger partial charge on any atom is -0.503 e. The van der Waals surface area contributed by atoms with Gasteiger partial charge in [-0.1, -0.05) is 42.5 Å². The second-order valence-electron chi connectivity index (χ2n) is 7.67. The summed E-state index contributed by atoms with van der Waals surface area (Å²) in [7, 11) is 0. The highest BCUT2D eigenvalue weighted by Crippen LogP contribution is 2.37. The quantitative estimate of drug-likeness (QED) is 0.653. The number of hydrogen-bond acceptors (Lipinski definition) is 5. The summed E-state index contributed by atoms with van der Waals surface area (Å²) in [4.78, 5) is 33.1. The lowest BCUT2D eigenvalue weighted by molar-refractivity contribution is -0.907. The largest absolute Gasteiger partial charge is 0.503 e. The second-order valence-corrected chi connectivity index (χ2v) is 7.67. The van der Waals surface area contributed by atoms with Crippen LogP contribution in [0.2, 0.25) is 0 Å². The van der Waals surface area contributed by atoms with E-state index in [9.17, 15) is 14.7 Å². The number of benzene rings is 1. The molecule has 1 aromatic heterocycles.